The molecule has 3 atom stereocenters. The first-order chi connectivity index (χ1) is 9.06. The van der Waals surface area contributed by atoms with Crippen LogP contribution in [0.15, 0.2) is 18.2 Å². The van der Waals surface area contributed by atoms with Gasteiger partial charge in [-0.05, 0) is 66.9 Å². The maximum Gasteiger partial charge on any atom is 0.115 e. The highest BCUT2D eigenvalue weighted by atomic mass is 16.3. The average molecular weight is 259 g/mol. The van der Waals surface area contributed by atoms with E-state index in [4.69, 9.17) is 0 Å². The lowest BCUT2D eigenvalue weighted by atomic mass is 9.59. The monoisotopic (exact) mass is 259 g/mol. The van der Waals surface area contributed by atoms with Gasteiger partial charge in [-0.25, -0.2) is 0 Å². The third kappa shape index (κ3) is 1.88. The van der Waals surface area contributed by atoms with E-state index in [1.54, 1.807) is 0 Å². The second-order valence-corrected chi connectivity index (χ2v) is 6.61. The van der Waals surface area contributed by atoms with Gasteiger partial charge < -0.3 is 5.11 Å². The van der Waals surface area contributed by atoms with Crippen molar-refractivity contribution in [2.45, 2.75) is 51.5 Å². The van der Waals surface area contributed by atoms with Crippen molar-refractivity contribution in [3.63, 3.8) is 0 Å². The fraction of sp³-hybridized carbons (Fsp3) is 0.647. The second-order valence-electron chi connectivity index (χ2n) is 6.61. The van der Waals surface area contributed by atoms with Crippen LogP contribution in [0.5, 0.6) is 5.75 Å². The third-order valence-corrected chi connectivity index (χ3v) is 5.62. The van der Waals surface area contributed by atoms with Crippen molar-refractivity contribution in [2.75, 3.05) is 13.1 Å². The molecule has 3 rings (SSSR count). The normalized spacial score (nSPS) is 34.1. The molecule has 1 fully saturated rings. The lowest BCUT2D eigenvalue weighted by Gasteiger charge is -2.54. The molecule has 0 amide bonds. The van der Waals surface area contributed by atoms with Crippen LogP contribution in [0.2, 0.25) is 0 Å². The molecule has 0 unspecified atom stereocenters. The van der Waals surface area contributed by atoms with Gasteiger partial charge in [0, 0.05) is 6.04 Å². The summed E-state index contributed by atoms with van der Waals surface area (Å²) in [6, 6.07) is 6.67. The lowest BCUT2D eigenvalue weighted by molar-refractivity contribution is 0.0315. The summed E-state index contributed by atoms with van der Waals surface area (Å²) >= 11 is 0. The highest BCUT2D eigenvalue weighted by molar-refractivity contribution is 5.44. The van der Waals surface area contributed by atoms with Gasteiger partial charge in [0.15, 0.2) is 0 Å². The quantitative estimate of drug-likeness (QED) is 0.880. The number of piperidine rings is 1. The van der Waals surface area contributed by atoms with Crippen molar-refractivity contribution < 1.29 is 5.11 Å². The molecule has 2 bridgehead atoms. The molecule has 2 nitrogen and oxygen atoms in total. The molecule has 2 aliphatic rings. The van der Waals surface area contributed by atoms with E-state index in [2.05, 4.69) is 31.7 Å². The lowest BCUT2D eigenvalue weighted by Crippen LogP contribution is -2.57. The van der Waals surface area contributed by atoms with Crippen molar-refractivity contribution in [2.24, 2.45) is 5.92 Å². The molecule has 19 heavy (non-hydrogen) atoms. The molecule has 1 aliphatic carbocycles. The number of phenols is 1. The molecular weight excluding hydrogens is 234 g/mol. The average Bonchev–Trinajstić information content (AvgIpc) is 2.38. The number of rotatable bonds is 2. The first kappa shape index (κ1) is 13.0. The summed E-state index contributed by atoms with van der Waals surface area (Å²) in [6.07, 6.45) is 3.59. The van der Waals surface area contributed by atoms with Crippen LogP contribution in [-0.2, 0) is 11.8 Å². The van der Waals surface area contributed by atoms with Gasteiger partial charge in [-0.3, -0.25) is 4.90 Å². The molecule has 0 aromatic heterocycles. The van der Waals surface area contributed by atoms with Crippen molar-refractivity contribution in [3.05, 3.63) is 29.3 Å². The Morgan fingerprint density at radius 3 is 2.95 bits per heavy atom. The summed E-state index contributed by atoms with van der Waals surface area (Å²) in [5.74, 6) is 1.09. The van der Waals surface area contributed by atoms with E-state index in [0.29, 0.717) is 17.7 Å². The van der Waals surface area contributed by atoms with Crippen LogP contribution >= 0.6 is 0 Å². The maximum absolute atomic E-state index is 9.81. The van der Waals surface area contributed by atoms with E-state index in [0.717, 1.165) is 6.42 Å². The van der Waals surface area contributed by atoms with Crippen molar-refractivity contribution in [1.82, 2.24) is 4.90 Å². The third-order valence-electron chi connectivity index (χ3n) is 5.62. The molecule has 0 spiro atoms. The summed E-state index contributed by atoms with van der Waals surface area (Å²) in [5, 5.41) is 9.81. The summed E-state index contributed by atoms with van der Waals surface area (Å²) in [4.78, 5) is 2.68. The van der Waals surface area contributed by atoms with E-state index in [1.807, 2.05) is 12.1 Å². The van der Waals surface area contributed by atoms with Crippen molar-refractivity contribution in [3.8, 4) is 5.75 Å². The molecule has 1 N–H and O–H groups in total. The van der Waals surface area contributed by atoms with Crippen LogP contribution in [0.1, 0.15) is 44.7 Å². The molecule has 1 aliphatic heterocycles. The molecule has 1 aromatic rings. The number of benzene rings is 1. The van der Waals surface area contributed by atoms with Gasteiger partial charge in [-0.2, -0.15) is 0 Å². The maximum atomic E-state index is 9.81. The number of fused-ring (bicyclic) bond motifs is 4. The molecule has 1 saturated heterocycles. The first-order valence-corrected chi connectivity index (χ1v) is 7.62. The van der Waals surface area contributed by atoms with Crippen LogP contribution in [0, 0.1) is 5.92 Å². The predicted octanol–water partition coefficient (Wildman–Crippen LogP) is 3.33. The Hall–Kier alpha value is -1.02. The van der Waals surface area contributed by atoms with E-state index in [1.165, 1.54) is 37.1 Å². The van der Waals surface area contributed by atoms with Crippen molar-refractivity contribution in [1.29, 1.82) is 0 Å². The Morgan fingerprint density at radius 2 is 2.21 bits per heavy atom. The van der Waals surface area contributed by atoms with Crippen LogP contribution in [0.25, 0.3) is 0 Å². The molecule has 1 aromatic carbocycles. The van der Waals surface area contributed by atoms with Gasteiger partial charge in [-0.1, -0.05) is 26.8 Å². The van der Waals surface area contributed by atoms with E-state index < -0.39 is 0 Å². The van der Waals surface area contributed by atoms with Crippen LogP contribution < -0.4 is 0 Å². The van der Waals surface area contributed by atoms with Crippen LogP contribution in [-0.4, -0.2) is 29.1 Å². The number of phenolic OH excluding ortho intramolecular Hbond substituents is 1. The van der Waals surface area contributed by atoms with Gasteiger partial charge in [0.25, 0.3) is 0 Å². The minimum Gasteiger partial charge on any atom is -0.508 e. The summed E-state index contributed by atoms with van der Waals surface area (Å²) in [5.41, 5.74) is 3.08. The molecule has 2 heteroatoms. The minimum atomic E-state index is 0.237. The number of hydrogen-bond donors (Lipinski definition) is 1. The summed E-state index contributed by atoms with van der Waals surface area (Å²) < 4.78 is 0. The minimum absolute atomic E-state index is 0.237. The Morgan fingerprint density at radius 1 is 1.42 bits per heavy atom. The molecule has 0 saturated carbocycles. The number of hydrogen-bond acceptors (Lipinski definition) is 2. The van der Waals surface area contributed by atoms with Gasteiger partial charge in [0.2, 0.25) is 0 Å². The number of nitrogens with zero attached hydrogens (tertiary/aromatic N) is 1. The second kappa shape index (κ2) is 4.52. The Balaban J connectivity index is 2.03. The first-order valence-electron chi connectivity index (χ1n) is 7.62. The number of likely N-dealkylation sites (tertiary alicyclic amines) is 1. The van der Waals surface area contributed by atoms with Crippen molar-refractivity contribution >= 4 is 0 Å². The van der Waals surface area contributed by atoms with Gasteiger partial charge in [0.05, 0.1) is 0 Å². The predicted molar refractivity (Wildman–Crippen MR) is 78.6 cm³/mol. The summed E-state index contributed by atoms with van der Waals surface area (Å²) in [7, 11) is 0. The Bertz CT molecular complexity index is 484. The zero-order valence-electron chi connectivity index (χ0n) is 12.3. The largest absolute Gasteiger partial charge is 0.508 e. The summed E-state index contributed by atoms with van der Waals surface area (Å²) in [6.45, 7) is 9.49. The molecule has 104 valence electrons. The van der Waals surface area contributed by atoms with Gasteiger partial charge in [0.1, 0.15) is 5.75 Å². The van der Waals surface area contributed by atoms with Gasteiger partial charge in [-0.15, -0.1) is 0 Å². The number of aromatic hydroxyl groups is 1. The highest BCUT2D eigenvalue weighted by Gasteiger charge is 2.48. The Kier molecular flexibility index (Phi) is 3.09. The molecule has 0 radical (unpaired) electrons. The standard InChI is InChI=1S/C17H25NO/c1-4-8-18-9-7-17(3)12(2)16(18)10-13-5-6-14(19)11-15(13)17/h5-6,11-12,16,19H,4,7-10H2,1-3H3/t12-,16+,17+/m1/s1. The fourth-order valence-electron chi connectivity index (χ4n) is 4.26. The van der Waals surface area contributed by atoms with E-state index in [-0.39, 0.29) is 5.41 Å². The smallest absolute Gasteiger partial charge is 0.115 e. The Labute approximate surface area is 116 Å². The molecule has 1 heterocycles. The van der Waals surface area contributed by atoms with Crippen LogP contribution in [0.3, 0.4) is 0 Å². The SMILES string of the molecule is CCCN1CC[C@]2(C)c3cc(O)ccc3C[C@H]1[C@H]2C. The highest BCUT2D eigenvalue weighted by Crippen LogP contribution is 2.49. The molecular formula is C17H25NO. The fourth-order valence-corrected chi connectivity index (χ4v) is 4.26. The van der Waals surface area contributed by atoms with Gasteiger partial charge >= 0.3 is 0 Å². The van der Waals surface area contributed by atoms with E-state index >= 15 is 0 Å². The topological polar surface area (TPSA) is 23.5 Å². The zero-order valence-corrected chi connectivity index (χ0v) is 12.3. The van der Waals surface area contributed by atoms with E-state index in [9.17, 15) is 5.11 Å². The zero-order chi connectivity index (χ0) is 13.6. The van der Waals surface area contributed by atoms with Crippen LogP contribution in [0.4, 0.5) is 0 Å².